The van der Waals surface area contributed by atoms with Crippen LogP contribution >= 0.6 is 0 Å². The highest BCUT2D eigenvalue weighted by Crippen LogP contribution is 2.40. The topological polar surface area (TPSA) is 29.5 Å². The normalized spacial score (nSPS) is 40.3. The van der Waals surface area contributed by atoms with E-state index >= 15 is 0 Å². The molecule has 1 saturated carbocycles. The third-order valence-corrected chi connectivity index (χ3v) is 2.64. The molecule has 0 aliphatic heterocycles. The molecule has 11 heavy (non-hydrogen) atoms. The smallest absolute Gasteiger partial charge is 0.0701 e. The van der Waals surface area contributed by atoms with Crippen molar-refractivity contribution in [2.24, 2.45) is 11.8 Å². The zero-order valence-electron chi connectivity index (χ0n) is 6.57. The monoisotopic (exact) mass is 154 g/mol. The fourth-order valence-corrected chi connectivity index (χ4v) is 2.13. The lowest BCUT2D eigenvalue weighted by Gasteiger charge is -2.17. The Labute approximate surface area is 66.9 Å². The highest BCUT2D eigenvalue weighted by Gasteiger charge is 2.35. The van der Waals surface area contributed by atoms with Gasteiger partial charge in [-0.3, -0.25) is 0 Å². The van der Waals surface area contributed by atoms with Gasteiger partial charge in [0.25, 0.3) is 0 Å². The van der Waals surface area contributed by atoms with Crippen LogP contribution in [0.5, 0.6) is 0 Å². The molecule has 2 rings (SSSR count). The predicted octanol–water partition coefficient (Wildman–Crippen LogP) is 0.960. The van der Waals surface area contributed by atoms with E-state index in [9.17, 15) is 0 Å². The van der Waals surface area contributed by atoms with Crippen molar-refractivity contribution < 1.29 is 9.84 Å². The molecule has 1 fully saturated rings. The van der Waals surface area contributed by atoms with E-state index in [2.05, 4.69) is 12.2 Å². The lowest BCUT2D eigenvalue weighted by Crippen LogP contribution is -2.19. The number of aliphatic hydroxyl groups is 1. The van der Waals surface area contributed by atoms with Gasteiger partial charge in [-0.15, -0.1) is 0 Å². The third-order valence-electron chi connectivity index (χ3n) is 2.64. The van der Waals surface area contributed by atoms with Crippen LogP contribution in [0.2, 0.25) is 0 Å². The highest BCUT2D eigenvalue weighted by atomic mass is 16.5. The first-order valence-corrected chi connectivity index (χ1v) is 4.31. The minimum absolute atomic E-state index is 0.150. The summed E-state index contributed by atoms with van der Waals surface area (Å²) in [5, 5.41) is 8.55. The first-order chi connectivity index (χ1) is 5.40. The van der Waals surface area contributed by atoms with Crippen LogP contribution in [-0.4, -0.2) is 24.4 Å². The second-order valence-corrected chi connectivity index (χ2v) is 3.41. The molecule has 0 amide bonds. The Morgan fingerprint density at radius 3 is 2.82 bits per heavy atom. The van der Waals surface area contributed by atoms with Crippen LogP contribution in [0, 0.1) is 11.8 Å². The van der Waals surface area contributed by atoms with Crippen molar-refractivity contribution in [3.05, 3.63) is 12.2 Å². The molecule has 2 aliphatic carbocycles. The summed E-state index contributed by atoms with van der Waals surface area (Å²) < 4.78 is 5.48. The van der Waals surface area contributed by atoms with Crippen molar-refractivity contribution in [2.75, 3.05) is 13.2 Å². The van der Waals surface area contributed by atoms with Gasteiger partial charge in [-0.25, -0.2) is 0 Å². The molecule has 2 aliphatic rings. The number of rotatable bonds is 3. The Balaban J connectivity index is 1.84. The molecule has 0 radical (unpaired) electrons. The van der Waals surface area contributed by atoms with Crippen molar-refractivity contribution in [2.45, 2.75) is 18.9 Å². The van der Waals surface area contributed by atoms with Gasteiger partial charge in [0.15, 0.2) is 0 Å². The van der Waals surface area contributed by atoms with E-state index in [1.165, 1.54) is 12.8 Å². The predicted molar refractivity (Wildman–Crippen MR) is 42.2 cm³/mol. The Kier molecular flexibility index (Phi) is 1.96. The van der Waals surface area contributed by atoms with E-state index < -0.39 is 0 Å². The van der Waals surface area contributed by atoms with Crippen LogP contribution in [0.3, 0.4) is 0 Å². The van der Waals surface area contributed by atoms with E-state index in [1.54, 1.807) is 0 Å². The van der Waals surface area contributed by atoms with E-state index in [0.717, 1.165) is 5.92 Å². The van der Waals surface area contributed by atoms with Crippen LogP contribution in [0.1, 0.15) is 12.8 Å². The number of fused-ring (bicyclic) bond motifs is 2. The standard InChI is InChI=1S/C9H14O2/c10-3-4-11-9-6-7-1-2-8(9)5-7/h1-2,7-10H,3-6H2/t7-,8-,9-/m1/s1. The molecule has 1 N–H and O–H groups in total. The van der Waals surface area contributed by atoms with Crippen molar-refractivity contribution in [1.82, 2.24) is 0 Å². The first-order valence-electron chi connectivity index (χ1n) is 4.31. The van der Waals surface area contributed by atoms with Crippen LogP contribution in [0.15, 0.2) is 12.2 Å². The molecule has 62 valence electrons. The fraction of sp³-hybridized carbons (Fsp3) is 0.778. The molecule has 0 saturated heterocycles. The fourth-order valence-electron chi connectivity index (χ4n) is 2.13. The van der Waals surface area contributed by atoms with E-state index in [-0.39, 0.29) is 6.61 Å². The maximum absolute atomic E-state index is 8.55. The molecule has 2 nitrogen and oxygen atoms in total. The van der Waals surface area contributed by atoms with Crippen LogP contribution in [0.4, 0.5) is 0 Å². The Morgan fingerprint density at radius 1 is 1.36 bits per heavy atom. The van der Waals surface area contributed by atoms with E-state index in [0.29, 0.717) is 18.6 Å². The summed E-state index contributed by atoms with van der Waals surface area (Å²) in [6.07, 6.45) is 7.40. The summed E-state index contributed by atoms with van der Waals surface area (Å²) in [6.45, 7) is 0.652. The molecular weight excluding hydrogens is 140 g/mol. The van der Waals surface area contributed by atoms with Crippen LogP contribution in [0.25, 0.3) is 0 Å². The lowest BCUT2D eigenvalue weighted by molar-refractivity contribution is 0.0152. The van der Waals surface area contributed by atoms with Gasteiger partial charge in [0.2, 0.25) is 0 Å². The van der Waals surface area contributed by atoms with Gasteiger partial charge in [0.05, 0.1) is 19.3 Å². The summed E-state index contributed by atoms with van der Waals surface area (Å²) in [7, 11) is 0. The first kappa shape index (κ1) is 7.32. The Hall–Kier alpha value is -0.340. The van der Waals surface area contributed by atoms with Gasteiger partial charge in [0, 0.05) is 5.92 Å². The van der Waals surface area contributed by atoms with Gasteiger partial charge >= 0.3 is 0 Å². The molecule has 0 aromatic carbocycles. The van der Waals surface area contributed by atoms with Crippen molar-refractivity contribution in [1.29, 1.82) is 0 Å². The van der Waals surface area contributed by atoms with Crippen LogP contribution in [-0.2, 0) is 4.74 Å². The number of aliphatic hydroxyl groups excluding tert-OH is 1. The summed E-state index contributed by atoms with van der Waals surface area (Å²) in [5.41, 5.74) is 0. The molecule has 0 unspecified atom stereocenters. The zero-order chi connectivity index (χ0) is 7.68. The Bertz CT molecular complexity index is 165. The van der Waals surface area contributed by atoms with Crippen molar-refractivity contribution >= 4 is 0 Å². The van der Waals surface area contributed by atoms with Gasteiger partial charge in [-0.2, -0.15) is 0 Å². The summed E-state index contributed by atoms with van der Waals surface area (Å²) in [4.78, 5) is 0. The van der Waals surface area contributed by atoms with Gasteiger partial charge in [0.1, 0.15) is 0 Å². The maximum atomic E-state index is 8.55. The number of ether oxygens (including phenoxy) is 1. The molecule has 2 heteroatoms. The SMILES string of the molecule is OCCO[C@@H]1C[C@@H]2C=C[C@@H]1C2. The molecule has 0 spiro atoms. The van der Waals surface area contributed by atoms with Crippen molar-refractivity contribution in [3.8, 4) is 0 Å². The summed E-state index contributed by atoms with van der Waals surface area (Å²) >= 11 is 0. The molecule has 0 heterocycles. The van der Waals surface area contributed by atoms with Gasteiger partial charge in [-0.05, 0) is 18.8 Å². The van der Waals surface area contributed by atoms with Crippen LogP contribution < -0.4 is 0 Å². The molecule has 0 aromatic heterocycles. The number of allylic oxidation sites excluding steroid dienone is 1. The van der Waals surface area contributed by atoms with E-state index in [4.69, 9.17) is 9.84 Å². The van der Waals surface area contributed by atoms with Gasteiger partial charge < -0.3 is 9.84 Å². The second-order valence-electron chi connectivity index (χ2n) is 3.41. The maximum Gasteiger partial charge on any atom is 0.0701 e. The van der Waals surface area contributed by atoms with Crippen molar-refractivity contribution in [3.63, 3.8) is 0 Å². The second kappa shape index (κ2) is 2.95. The Morgan fingerprint density at radius 2 is 2.27 bits per heavy atom. The van der Waals surface area contributed by atoms with Gasteiger partial charge in [-0.1, -0.05) is 12.2 Å². The average Bonchev–Trinajstić information content (AvgIpc) is 2.60. The zero-order valence-corrected chi connectivity index (χ0v) is 6.57. The molecule has 0 aromatic rings. The molecular formula is C9H14O2. The third kappa shape index (κ3) is 1.33. The van der Waals surface area contributed by atoms with E-state index in [1.807, 2.05) is 0 Å². The minimum atomic E-state index is 0.150. The summed E-state index contributed by atoms with van der Waals surface area (Å²) in [6, 6.07) is 0. The summed E-state index contributed by atoms with van der Waals surface area (Å²) in [5.74, 6) is 1.41. The lowest BCUT2D eigenvalue weighted by atomic mass is 10.1. The minimum Gasteiger partial charge on any atom is -0.394 e. The average molecular weight is 154 g/mol. The quantitative estimate of drug-likeness (QED) is 0.613. The number of hydrogen-bond donors (Lipinski definition) is 1. The highest BCUT2D eigenvalue weighted by molar-refractivity contribution is 5.10. The molecule has 2 bridgehead atoms. The number of hydrogen-bond acceptors (Lipinski definition) is 2. The largest absolute Gasteiger partial charge is 0.394 e. The molecule has 3 atom stereocenters.